The first kappa shape index (κ1) is 16.0. The van der Waals surface area contributed by atoms with Crippen LogP contribution in [0.5, 0.6) is 0 Å². The molecule has 0 aliphatic rings. The molecule has 2 N–H and O–H groups in total. The van der Waals surface area contributed by atoms with Crippen molar-refractivity contribution in [2.45, 2.75) is 45.8 Å². The minimum Gasteiger partial charge on any atom is -0.454 e. The SMILES string of the molecule is CCC(N)c1ccc(C(=O)OC(C)(C)C)o1.Cl. The largest absolute Gasteiger partial charge is 0.454 e. The molecule has 1 unspecified atom stereocenters. The van der Waals surface area contributed by atoms with Crippen LogP contribution in [0.2, 0.25) is 0 Å². The highest BCUT2D eigenvalue weighted by molar-refractivity contribution is 5.86. The first-order valence-electron chi connectivity index (χ1n) is 5.42. The van der Waals surface area contributed by atoms with Crippen molar-refractivity contribution in [2.75, 3.05) is 0 Å². The molecule has 0 aliphatic heterocycles. The molecule has 1 heterocycles. The summed E-state index contributed by atoms with van der Waals surface area (Å²) in [5.41, 5.74) is 5.27. The predicted molar refractivity (Wildman–Crippen MR) is 68.3 cm³/mol. The van der Waals surface area contributed by atoms with Crippen molar-refractivity contribution in [3.05, 3.63) is 23.7 Å². The average molecular weight is 262 g/mol. The summed E-state index contributed by atoms with van der Waals surface area (Å²) in [7, 11) is 0. The van der Waals surface area contributed by atoms with E-state index in [0.717, 1.165) is 6.42 Å². The Morgan fingerprint density at radius 3 is 2.53 bits per heavy atom. The Morgan fingerprint density at radius 2 is 2.06 bits per heavy atom. The van der Waals surface area contributed by atoms with Gasteiger partial charge < -0.3 is 14.9 Å². The van der Waals surface area contributed by atoms with Gasteiger partial charge in [0.1, 0.15) is 11.4 Å². The monoisotopic (exact) mass is 261 g/mol. The van der Waals surface area contributed by atoms with E-state index in [1.165, 1.54) is 0 Å². The lowest BCUT2D eigenvalue weighted by molar-refractivity contribution is 0.00339. The third-order valence-corrected chi connectivity index (χ3v) is 2.03. The summed E-state index contributed by atoms with van der Waals surface area (Å²) < 4.78 is 10.5. The molecule has 5 heteroatoms. The summed E-state index contributed by atoms with van der Waals surface area (Å²) in [5.74, 6) is 0.360. The van der Waals surface area contributed by atoms with Crippen LogP contribution in [0, 0.1) is 0 Å². The van der Waals surface area contributed by atoms with Gasteiger partial charge in [-0.2, -0.15) is 0 Å². The third kappa shape index (κ3) is 4.79. The van der Waals surface area contributed by atoms with Crippen molar-refractivity contribution < 1.29 is 13.9 Å². The zero-order valence-corrected chi connectivity index (χ0v) is 11.5. The number of carbonyl (C=O) groups excluding carboxylic acids is 1. The number of carbonyl (C=O) groups is 1. The summed E-state index contributed by atoms with van der Waals surface area (Å²) >= 11 is 0. The fourth-order valence-corrected chi connectivity index (χ4v) is 1.19. The molecule has 0 saturated heterocycles. The first-order valence-corrected chi connectivity index (χ1v) is 5.42. The second-order valence-electron chi connectivity index (χ2n) is 4.72. The molecule has 98 valence electrons. The molecule has 0 fully saturated rings. The number of halogens is 1. The second-order valence-corrected chi connectivity index (χ2v) is 4.72. The van der Waals surface area contributed by atoms with E-state index in [9.17, 15) is 4.79 Å². The van der Waals surface area contributed by atoms with Gasteiger partial charge in [0.15, 0.2) is 0 Å². The molecule has 0 aromatic carbocycles. The van der Waals surface area contributed by atoms with Gasteiger partial charge in [0, 0.05) is 0 Å². The zero-order chi connectivity index (χ0) is 12.3. The predicted octanol–water partition coefficient (Wildman–Crippen LogP) is 3.07. The quantitative estimate of drug-likeness (QED) is 0.850. The number of esters is 1. The first-order chi connectivity index (χ1) is 7.33. The Morgan fingerprint density at radius 1 is 1.47 bits per heavy atom. The number of hydrogen-bond acceptors (Lipinski definition) is 4. The third-order valence-electron chi connectivity index (χ3n) is 2.03. The van der Waals surface area contributed by atoms with Crippen molar-refractivity contribution in [3.8, 4) is 0 Å². The molecular formula is C12H20ClNO3. The van der Waals surface area contributed by atoms with E-state index in [1.807, 2.05) is 27.7 Å². The van der Waals surface area contributed by atoms with Gasteiger partial charge in [-0.1, -0.05) is 6.92 Å². The summed E-state index contributed by atoms with van der Waals surface area (Å²) in [6.45, 7) is 7.39. The van der Waals surface area contributed by atoms with Gasteiger partial charge in [0.05, 0.1) is 6.04 Å². The molecule has 1 aromatic rings. The van der Waals surface area contributed by atoms with Crippen LogP contribution in [0.1, 0.15) is 56.5 Å². The van der Waals surface area contributed by atoms with Crippen LogP contribution in [-0.2, 0) is 4.74 Å². The molecule has 0 bridgehead atoms. The van der Waals surface area contributed by atoms with Crippen LogP contribution in [-0.4, -0.2) is 11.6 Å². The number of ether oxygens (including phenoxy) is 1. The smallest absolute Gasteiger partial charge is 0.374 e. The van der Waals surface area contributed by atoms with Crippen molar-refractivity contribution in [3.63, 3.8) is 0 Å². The molecule has 4 nitrogen and oxygen atoms in total. The van der Waals surface area contributed by atoms with Gasteiger partial charge in [0.2, 0.25) is 5.76 Å². The van der Waals surface area contributed by atoms with Gasteiger partial charge in [-0.25, -0.2) is 4.79 Å². The van der Waals surface area contributed by atoms with Crippen LogP contribution in [0.25, 0.3) is 0 Å². The fourth-order valence-electron chi connectivity index (χ4n) is 1.19. The number of hydrogen-bond donors (Lipinski definition) is 1. The van der Waals surface area contributed by atoms with E-state index in [2.05, 4.69) is 0 Å². The van der Waals surface area contributed by atoms with E-state index in [1.54, 1.807) is 12.1 Å². The van der Waals surface area contributed by atoms with Gasteiger partial charge in [-0.3, -0.25) is 0 Å². The van der Waals surface area contributed by atoms with E-state index >= 15 is 0 Å². The van der Waals surface area contributed by atoms with E-state index in [0.29, 0.717) is 5.76 Å². The van der Waals surface area contributed by atoms with Crippen molar-refractivity contribution >= 4 is 18.4 Å². The highest BCUT2D eigenvalue weighted by Gasteiger charge is 2.21. The van der Waals surface area contributed by atoms with Crippen molar-refractivity contribution in [1.82, 2.24) is 0 Å². The van der Waals surface area contributed by atoms with E-state index in [4.69, 9.17) is 14.9 Å². The Bertz CT molecular complexity index is 368. The fraction of sp³-hybridized carbons (Fsp3) is 0.583. The summed E-state index contributed by atoms with van der Waals surface area (Å²) in [6, 6.07) is 3.14. The number of rotatable bonds is 3. The van der Waals surface area contributed by atoms with Gasteiger partial charge in [-0.05, 0) is 39.3 Å². The van der Waals surface area contributed by atoms with Crippen LogP contribution in [0.15, 0.2) is 16.5 Å². The minimum absolute atomic E-state index is 0. The maximum atomic E-state index is 11.6. The van der Waals surface area contributed by atoms with E-state index < -0.39 is 11.6 Å². The van der Waals surface area contributed by atoms with Gasteiger partial charge >= 0.3 is 5.97 Å². The molecule has 1 rings (SSSR count). The van der Waals surface area contributed by atoms with Gasteiger partial charge in [-0.15, -0.1) is 12.4 Å². The standard InChI is InChI=1S/C12H19NO3.ClH/c1-5-8(13)9-6-7-10(15-9)11(14)16-12(2,3)4;/h6-8H,5,13H2,1-4H3;1H. The highest BCUT2D eigenvalue weighted by atomic mass is 35.5. The van der Waals surface area contributed by atoms with Gasteiger partial charge in [0.25, 0.3) is 0 Å². The molecule has 0 saturated carbocycles. The Kier molecular flexibility index (Phi) is 5.72. The van der Waals surface area contributed by atoms with Crippen molar-refractivity contribution in [1.29, 1.82) is 0 Å². The maximum Gasteiger partial charge on any atom is 0.374 e. The van der Waals surface area contributed by atoms with Crippen LogP contribution in [0.4, 0.5) is 0 Å². The van der Waals surface area contributed by atoms with Crippen molar-refractivity contribution in [2.24, 2.45) is 5.73 Å². The lowest BCUT2D eigenvalue weighted by Gasteiger charge is -2.18. The normalized spacial score (nSPS) is 12.8. The molecule has 1 atom stereocenters. The highest BCUT2D eigenvalue weighted by Crippen LogP contribution is 2.19. The topological polar surface area (TPSA) is 65.5 Å². The molecule has 0 radical (unpaired) electrons. The second kappa shape index (κ2) is 6.07. The Labute approximate surface area is 108 Å². The molecule has 17 heavy (non-hydrogen) atoms. The lowest BCUT2D eigenvalue weighted by atomic mass is 10.2. The van der Waals surface area contributed by atoms with Crippen LogP contribution >= 0.6 is 12.4 Å². The Balaban J connectivity index is 0.00000256. The number of nitrogens with two attached hydrogens (primary N) is 1. The van der Waals surface area contributed by atoms with Crippen LogP contribution < -0.4 is 5.73 Å². The summed E-state index contributed by atoms with van der Waals surface area (Å²) in [6.07, 6.45) is 0.765. The molecule has 0 spiro atoms. The lowest BCUT2D eigenvalue weighted by Crippen LogP contribution is -2.23. The number of furan rings is 1. The average Bonchev–Trinajstić information content (AvgIpc) is 2.62. The zero-order valence-electron chi connectivity index (χ0n) is 10.6. The Hall–Kier alpha value is -1.00. The minimum atomic E-state index is -0.517. The molecule has 1 aromatic heterocycles. The molecule has 0 aliphatic carbocycles. The van der Waals surface area contributed by atoms with Crippen LogP contribution in [0.3, 0.4) is 0 Å². The van der Waals surface area contributed by atoms with E-state index in [-0.39, 0.29) is 24.2 Å². The summed E-state index contributed by atoms with van der Waals surface area (Å²) in [4.78, 5) is 11.6. The molecule has 0 amide bonds. The maximum absolute atomic E-state index is 11.6. The summed E-state index contributed by atoms with van der Waals surface area (Å²) in [5, 5.41) is 0. The molecular weight excluding hydrogens is 242 g/mol.